The highest BCUT2D eigenvalue weighted by Gasteiger charge is 2.58. The lowest BCUT2D eigenvalue weighted by molar-refractivity contribution is -0.221. The van der Waals surface area contributed by atoms with E-state index in [1.165, 1.54) is 12.2 Å². The summed E-state index contributed by atoms with van der Waals surface area (Å²) >= 11 is 0. The molecule has 178 valence electrons. The molecule has 33 heavy (non-hydrogen) atoms. The van der Waals surface area contributed by atoms with Gasteiger partial charge in [0.2, 0.25) is 17.7 Å². The molecule has 3 fully saturated rings. The Morgan fingerprint density at radius 3 is 2.39 bits per heavy atom. The first-order chi connectivity index (χ1) is 15.9. The molecular weight excluding hydrogens is 426 g/mol. The number of carbonyl (C=O) groups is 4. The van der Waals surface area contributed by atoms with E-state index in [0.717, 1.165) is 5.56 Å². The Balaban J connectivity index is 1.39. The fourth-order valence-corrected chi connectivity index (χ4v) is 5.44. The fourth-order valence-electron chi connectivity index (χ4n) is 5.44. The quantitative estimate of drug-likeness (QED) is 0.598. The van der Waals surface area contributed by atoms with Crippen LogP contribution in [0.1, 0.15) is 44.1 Å². The van der Waals surface area contributed by atoms with Gasteiger partial charge in [-0.1, -0.05) is 30.3 Å². The molecule has 2 unspecified atom stereocenters. The van der Waals surface area contributed by atoms with Gasteiger partial charge in [0, 0.05) is 38.4 Å². The SMILES string of the molecule is CCON1C(=O)CC(C(=O)OC)C12CCN(C(=O)CN1CC(c3ccccc3)CC1=O)CC2. The third-order valence-corrected chi connectivity index (χ3v) is 7.20. The van der Waals surface area contributed by atoms with Crippen molar-refractivity contribution in [1.82, 2.24) is 14.9 Å². The number of esters is 1. The highest BCUT2D eigenvalue weighted by Crippen LogP contribution is 2.44. The fraction of sp³-hybridized carbons (Fsp3) is 0.583. The number of hydrogen-bond donors (Lipinski definition) is 0. The molecule has 3 heterocycles. The second kappa shape index (κ2) is 9.51. The van der Waals surface area contributed by atoms with Crippen molar-refractivity contribution in [3.8, 4) is 0 Å². The van der Waals surface area contributed by atoms with E-state index in [9.17, 15) is 19.2 Å². The second-order valence-corrected chi connectivity index (χ2v) is 8.96. The standard InChI is InChI=1S/C24H31N3O6/c1-3-33-27-21(29)14-19(23(31)32-2)24(27)9-11-25(12-10-24)22(30)16-26-15-18(13-20(26)28)17-7-5-4-6-8-17/h4-8,18-19H,3,9-16H2,1-2H3. The van der Waals surface area contributed by atoms with Crippen molar-refractivity contribution in [2.24, 2.45) is 5.92 Å². The smallest absolute Gasteiger partial charge is 0.311 e. The number of likely N-dealkylation sites (tertiary alicyclic amines) is 2. The number of methoxy groups -OCH3 is 1. The summed E-state index contributed by atoms with van der Waals surface area (Å²) in [6.45, 7) is 3.44. The molecule has 1 spiro atoms. The third-order valence-electron chi connectivity index (χ3n) is 7.20. The van der Waals surface area contributed by atoms with Crippen LogP contribution >= 0.6 is 0 Å². The third kappa shape index (κ3) is 4.34. The van der Waals surface area contributed by atoms with E-state index >= 15 is 0 Å². The summed E-state index contributed by atoms with van der Waals surface area (Å²) in [7, 11) is 1.32. The molecule has 0 N–H and O–H groups in total. The maximum atomic E-state index is 13.0. The average molecular weight is 458 g/mol. The number of piperidine rings is 1. The van der Waals surface area contributed by atoms with Crippen molar-refractivity contribution >= 4 is 23.7 Å². The minimum Gasteiger partial charge on any atom is -0.469 e. The molecule has 9 nitrogen and oxygen atoms in total. The molecule has 3 amide bonds. The Bertz CT molecular complexity index is 912. The predicted octanol–water partition coefficient (Wildman–Crippen LogP) is 1.34. The van der Waals surface area contributed by atoms with Crippen molar-refractivity contribution in [1.29, 1.82) is 0 Å². The lowest BCUT2D eigenvalue weighted by Crippen LogP contribution is -2.58. The Morgan fingerprint density at radius 1 is 1.06 bits per heavy atom. The molecule has 3 saturated heterocycles. The van der Waals surface area contributed by atoms with Crippen LogP contribution < -0.4 is 0 Å². The van der Waals surface area contributed by atoms with E-state index in [2.05, 4.69) is 0 Å². The Kier molecular flexibility index (Phi) is 6.69. The van der Waals surface area contributed by atoms with Gasteiger partial charge in [-0.3, -0.25) is 24.0 Å². The Hall–Kier alpha value is -2.94. The molecule has 4 rings (SSSR count). The van der Waals surface area contributed by atoms with Gasteiger partial charge in [-0.2, -0.15) is 0 Å². The van der Waals surface area contributed by atoms with Crippen LogP contribution in [0, 0.1) is 5.92 Å². The first-order valence-electron chi connectivity index (χ1n) is 11.5. The molecule has 2 atom stereocenters. The lowest BCUT2D eigenvalue weighted by Gasteiger charge is -2.45. The maximum absolute atomic E-state index is 13.0. The van der Waals surface area contributed by atoms with Crippen molar-refractivity contribution in [3.05, 3.63) is 35.9 Å². The summed E-state index contributed by atoms with van der Waals surface area (Å²) in [6, 6.07) is 9.88. The number of hydrogen-bond acceptors (Lipinski definition) is 6. The van der Waals surface area contributed by atoms with Crippen molar-refractivity contribution in [3.63, 3.8) is 0 Å². The summed E-state index contributed by atoms with van der Waals surface area (Å²) in [6.07, 6.45) is 1.30. The van der Waals surface area contributed by atoms with Gasteiger partial charge in [0.15, 0.2) is 0 Å². The maximum Gasteiger partial charge on any atom is 0.311 e. The summed E-state index contributed by atoms with van der Waals surface area (Å²) in [5.41, 5.74) is 0.301. The van der Waals surface area contributed by atoms with Crippen molar-refractivity contribution in [2.75, 3.05) is 39.9 Å². The van der Waals surface area contributed by atoms with Crippen LogP contribution in [0.5, 0.6) is 0 Å². The number of carbonyl (C=O) groups excluding carboxylic acids is 4. The van der Waals surface area contributed by atoms with Crippen LogP contribution in [0.15, 0.2) is 30.3 Å². The minimum absolute atomic E-state index is 0.0136. The van der Waals surface area contributed by atoms with E-state index in [1.807, 2.05) is 30.3 Å². The Labute approximate surface area is 193 Å². The highest BCUT2D eigenvalue weighted by atomic mass is 16.7. The molecule has 1 aromatic rings. The van der Waals surface area contributed by atoms with E-state index in [-0.39, 0.29) is 36.6 Å². The molecule has 9 heteroatoms. The number of hydroxylamine groups is 2. The number of benzene rings is 1. The van der Waals surface area contributed by atoms with E-state index in [0.29, 0.717) is 45.5 Å². The molecule has 0 aliphatic carbocycles. The monoisotopic (exact) mass is 457 g/mol. The first kappa shape index (κ1) is 23.2. The highest BCUT2D eigenvalue weighted by molar-refractivity contribution is 5.89. The molecule has 3 aliphatic heterocycles. The number of nitrogens with zero attached hydrogens (tertiary/aromatic N) is 3. The normalized spacial score (nSPS) is 24.6. The zero-order valence-corrected chi connectivity index (χ0v) is 19.2. The van der Waals surface area contributed by atoms with Crippen molar-refractivity contribution in [2.45, 2.75) is 44.1 Å². The van der Waals surface area contributed by atoms with E-state index in [4.69, 9.17) is 9.57 Å². The van der Waals surface area contributed by atoms with Gasteiger partial charge >= 0.3 is 5.97 Å². The largest absolute Gasteiger partial charge is 0.469 e. The summed E-state index contributed by atoms with van der Waals surface area (Å²) in [5, 5.41) is 1.35. The van der Waals surface area contributed by atoms with Gasteiger partial charge in [0.25, 0.3) is 0 Å². The molecule has 0 saturated carbocycles. The number of rotatable bonds is 6. The van der Waals surface area contributed by atoms with Gasteiger partial charge in [0.05, 0.1) is 31.7 Å². The summed E-state index contributed by atoms with van der Waals surface area (Å²) in [4.78, 5) is 59.5. The topological polar surface area (TPSA) is 96.5 Å². The second-order valence-electron chi connectivity index (χ2n) is 8.96. The van der Waals surface area contributed by atoms with E-state index in [1.54, 1.807) is 16.7 Å². The molecule has 0 radical (unpaired) electrons. The summed E-state index contributed by atoms with van der Waals surface area (Å²) in [5.74, 6) is -1.32. The van der Waals surface area contributed by atoms with Gasteiger partial charge in [0.1, 0.15) is 0 Å². The number of ether oxygens (including phenoxy) is 1. The van der Waals surface area contributed by atoms with Crippen LogP contribution in [0.4, 0.5) is 0 Å². The molecular formula is C24H31N3O6. The predicted molar refractivity (Wildman–Crippen MR) is 118 cm³/mol. The van der Waals surface area contributed by atoms with E-state index < -0.39 is 17.4 Å². The zero-order chi connectivity index (χ0) is 23.6. The van der Waals surface area contributed by atoms with Crippen LogP contribution in [-0.4, -0.2) is 84.0 Å². The summed E-state index contributed by atoms with van der Waals surface area (Å²) < 4.78 is 4.96. The van der Waals surface area contributed by atoms with Gasteiger partial charge in [-0.05, 0) is 25.3 Å². The van der Waals surface area contributed by atoms with Crippen LogP contribution in [0.25, 0.3) is 0 Å². The van der Waals surface area contributed by atoms with Crippen LogP contribution in [0.2, 0.25) is 0 Å². The molecule has 0 bridgehead atoms. The molecule has 3 aliphatic rings. The zero-order valence-electron chi connectivity index (χ0n) is 19.2. The lowest BCUT2D eigenvalue weighted by atomic mass is 9.77. The van der Waals surface area contributed by atoms with Gasteiger partial charge < -0.3 is 14.5 Å². The van der Waals surface area contributed by atoms with Crippen LogP contribution in [0.3, 0.4) is 0 Å². The molecule has 1 aromatic carbocycles. The first-order valence-corrected chi connectivity index (χ1v) is 11.5. The van der Waals surface area contributed by atoms with Gasteiger partial charge in [-0.15, -0.1) is 0 Å². The number of amides is 3. The van der Waals surface area contributed by atoms with Crippen LogP contribution in [-0.2, 0) is 28.8 Å². The molecule has 0 aromatic heterocycles. The Morgan fingerprint density at radius 2 is 1.76 bits per heavy atom. The van der Waals surface area contributed by atoms with Crippen molar-refractivity contribution < 1.29 is 28.8 Å². The minimum atomic E-state index is -0.807. The van der Waals surface area contributed by atoms with Gasteiger partial charge in [-0.25, -0.2) is 5.06 Å². The average Bonchev–Trinajstić information content (AvgIpc) is 3.32.